The van der Waals surface area contributed by atoms with Gasteiger partial charge in [0.15, 0.2) is 9.84 Å². The van der Waals surface area contributed by atoms with Crippen molar-refractivity contribution < 1.29 is 13.2 Å². The van der Waals surface area contributed by atoms with Crippen molar-refractivity contribution in [1.82, 2.24) is 10.2 Å². The number of sulfone groups is 1. The predicted octanol–water partition coefficient (Wildman–Crippen LogP) is 0.465. The second-order valence-electron chi connectivity index (χ2n) is 5.02. The normalized spacial score (nSPS) is 29.2. The minimum Gasteiger partial charge on any atom is -0.323 e. The van der Waals surface area contributed by atoms with E-state index in [9.17, 15) is 13.2 Å². The van der Waals surface area contributed by atoms with Gasteiger partial charge in [0.1, 0.15) is 5.37 Å². The number of nitrogens with zero attached hydrogens (tertiary/aromatic N) is 1. The van der Waals surface area contributed by atoms with Gasteiger partial charge in [-0.15, -0.1) is 0 Å². The first kappa shape index (κ1) is 15.1. The van der Waals surface area contributed by atoms with Crippen molar-refractivity contribution in [3.63, 3.8) is 0 Å². The van der Waals surface area contributed by atoms with Gasteiger partial charge in [0.2, 0.25) is 5.91 Å². The van der Waals surface area contributed by atoms with Gasteiger partial charge in [0.05, 0.1) is 6.04 Å². The molecule has 1 N–H and O–H groups in total. The maximum absolute atomic E-state index is 12.5. The zero-order valence-corrected chi connectivity index (χ0v) is 12.9. The van der Waals surface area contributed by atoms with E-state index in [1.165, 1.54) is 0 Å². The van der Waals surface area contributed by atoms with E-state index in [-0.39, 0.29) is 17.7 Å². The summed E-state index contributed by atoms with van der Waals surface area (Å²) in [7, 11) is -3.20. The standard InChI is InChI=1S/C12H22N2O3S2/c1-2-19(16,17)11-9-18-8-7-14(11)12(15)10-5-3-4-6-13-10/h10-11,13H,2-9H2,1H3/t10-,11?/m0/s1. The molecule has 2 aliphatic heterocycles. The summed E-state index contributed by atoms with van der Waals surface area (Å²) in [4.78, 5) is 14.1. The highest BCUT2D eigenvalue weighted by Gasteiger charge is 2.38. The number of thioether (sulfide) groups is 1. The molecule has 0 saturated carbocycles. The van der Waals surface area contributed by atoms with Crippen LogP contribution in [0.15, 0.2) is 0 Å². The van der Waals surface area contributed by atoms with Crippen LogP contribution in [0.25, 0.3) is 0 Å². The van der Waals surface area contributed by atoms with E-state index < -0.39 is 15.2 Å². The highest BCUT2D eigenvalue weighted by atomic mass is 32.2. The maximum Gasteiger partial charge on any atom is 0.240 e. The molecule has 2 atom stereocenters. The molecule has 0 aromatic carbocycles. The first-order valence-electron chi connectivity index (χ1n) is 6.89. The SMILES string of the molecule is CCS(=O)(=O)C1CSCCN1C(=O)[C@@H]1CCCCN1. The Labute approximate surface area is 119 Å². The van der Waals surface area contributed by atoms with Crippen LogP contribution in [0.3, 0.4) is 0 Å². The number of carbonyl (C=O) groups is 1. The van der Waals surface area contributed by atoms with Crippen LogP contribution in [0.2, 0.25) is 0 Å². The van der Waals surface area contributed by atoms with Crippen LogP contribution < -0.4 is 5.32 Å². The van der Waals surface area contributed by atoms with Crippen molar-refractivity contribution in [3.05, 3.63) is 0 Å². The van der Waals surface area contributed by atoms with Crippen LogP contribution in [0.4, 0.5) is 0 Å². The lowest BCUT2D eigenvalue weighted by Gasteiger charge is -2.37. The molecule has 1 unspecified atom stereocenters. The second kappa shape index (κ2) is 6.45. The molecule has 2 fully saturated rings. The van der Waals surface area contributed by atoms with Gasteiger partial charge in [-0.3, -0.25) is 4.79 Å². The van der Waals surface area contributed by atoms with Crippen molar-refractivity contribution in [3.8, 4) is 0 Å². The zero-order chi connectivity index (χ0) is 13.9. The Bertz CT molecular complexity index is 419. The number of piperidine rings is 1. The Morgan fingerprint density at radius 2 is 2.21 bits per heavy atom. The van der Waals surface area contributed by atoms with Crippen LogP contribution in [-0.2, 0) is 14.6 Å². The molecule has 0 aliphatic carbocycles. The van der Waals surface area contributed by atoms with E-state index in [0.29, 0.717) is 12.3 Å². The van der Waals surface area contributed by atoms with Gasteiger partial charge in [0, 0.05) is 23.8 Å². The summed E-state index contributed by atoms with van der Waals surface area (Å²) < 4.78 is 24.2. The number of hydrogen-bond donors (Lipinski definition) is 1. The molecule has 2 rings (SSSR count). The summed E-state index contributed by atoms with van der Waals surface area (Å²) in [5, 5.41) is 2.58. The van der Waals surface area contributed by atoms with E-state index in [0.717, 1.165) is 31.6 Å². The smallest absolute Gasteiger partial charge is 0.240 e. The average Bonchev–Trinajstić information content (AvgIpc) is 2.47. The average molecular weight is 306 g/mol. The molecule has 0 aromatic heterocycles. The molecule has 0 spiro atoms. The monoisotopic (exact) mass is 306 g/mol. The highest BCUT2D eigenvalue weighted by Crippen LogP contribution is 2.23. The van der Waals surface area contributed by atoms with Crippen LogP contribution in [0.1, 0.15) is 26.2 Å². The second-order valence-corrected chi connectivity index (χ2v) is 8.61. The third-order valence-electron chi connectivity index (χ3n) is 3.79. The number of carbonyl (C=O) groups excluding carboxylic acids is 1. The highest BCUT2D eigenvalue weighted by molar-refractivity contribution is 8.01. The lowest BCUT2D eigenvalue weighted by atomic mass is 10.0. The van der Waals surface area contributed by atoms with E-state index in [1.54, 1.807) is 23.6 Å². The van der Waals surface area contributed by atoms with Crippen molar-refractivity contribution in [1.29, 1.82) is 0 Å². The summed E-state index contributed by atoms with van der Waals surface area (Å²) in [5.74, 6) is 1.41. The van der Waals surface area contributed by atoms with Gasteiger partial charge >= 0.3 is 0 Å². The molecule has 110 valence electrons. The van der Waals surface area contributed by atoms with Crippen LogP contribution >= 0.6 is 11.8 Å². The van der Waals surface area contributed by atoms with Crippen molar-refractivity contribution in [2.45, 2.75) is 37.6 Å². The molecule has 7 heteroatoms. The molecule has 19 heavy (non-hydrogen) atoms. The first-order valence-corrected chi connectivity index (χ1v) is 9.76. The molecule has 1 amide bonds. The Kier molecular flexibility index (Phi) is 5.14. The summed E-state index contributed by atoms with van der Waals surface area (Å²) in [6, 6.07) is -0.189. The first-order chi connectivity index (χ1) is 9.06. The van der Waals surface area contributed by atoms with Crippen molar-refractivity contribution in [2.75, 3.05) is 30.3 Å². The van der Waals surface area contributed by atoms with Gasteiger partial charge < -0.3 is 10.2 Å². The zero-order valence-electron chi connectivity index (χ0n) is 11.3. The predicted molar refractivity (Wildman–Crippen MR) is 77.9 cm³/mol. The quantitative estimate of drug-likeness (QED) is 0.821. The summed E-state index contributed by atoms with van der Waals surface area (Å²) in [6.07, 6.45) is 2.95. The molecule has 2 heterocycles. The van der Waals surface area contributed by atoms with Crippen molar-refractivity contribution in [2.24, 2.45) is 0 Å². The Hall–Kier alpha value is -0.270. The number of hydrogen-bond acceptors (Lipinski definition) is 5. The molecule has 2 saturated heterocycles. The minimum atomic E-state index is -3.20. The lowest BCUT2D eigenvalue weighted by molar-refractivity contribution is -0.134. The van der Waals surface area contributed by atoms with Crippen LogP contribution in [0, 0.1) is 0 Å². The number of rotatable bonds is 3. The molecule has 2 aliphatic rings. The Balaban J connectivity index is 2.12. The summed E-state index contributed by atoms with van der Waals surface area (Å²) >= 11 is 1.62. The molecular weight excluding hydrogens is 284 g/mol. The van der Waals surface area contributed by atoms with E-state index in [4.69, 9.17) is 0 Å². The summed E-state index contributed by atoms with van der Waals surface area (Å²) in [6.45, 7) is 3.05. The van der Waals surface area contributed by atoms with Gasteiger partial charge in [-0.1, -0.05) is 13.3 Å². The fourth-order valence-corrected chi connectivity index (χ4v) is 5.56. The maximum atomic E-state index is 12.5. The third kappa shape index (κ3) is 3.44. The van der Waals surface area contributed by atoms with Gasteiger partial charge in [-0.05, 0) is 19.4 Å². The van der Waals surface area contributed by atoms with Gasteiger partial charge in [-0.2, -0.15) is 11.8 Å². The molecule has 5 nitrogen and oxygen atoms in total. The van der Waals surface area contributed by atoms with Gasteiger partial charge in [-0.25, -0.2) is 8.42 Å². The van der Waals surface area contributed by atoms with Gasteiger partial charge in [0.25, 0.3) is 0 Å². The lowest BCUT2D eigenvalue weighted by Crippen LogP contribution is -2.57. The topological polar surface area (TPSA) is 66.5 Å². The molecule has 0 radical (unpaired) electrons. The van der Waals surface area contributed by atoms with Crippen molar-refractivity contribution >= 4 is 27.5 Å². The fourth-order valence-electron chi connectivity index (χ4n) is 2.59. The van der Waals surface area contributed by atoms with E-state index in [1.807, 2.05) is 0 Å². The molecule has 0 aromatic rings. The third-order valence-corrected chi connectivity index (χ3v) is 7.08. The Morgan fingerprint density at radius 1 is 1.42 bits per heavy atom. The molecular formula is C12H22N2O3S2. The van der Waals surface area contributed by atoms with E-state index in [2.05, 4.69) is 5.32 Å². The van der Waals surface area contributed by atoms with E-state index >= 15 is 0 Å². The molecule has 0 bridgehead atoms. The number of amides is 1. The Morgan fingerprint density at radius 3 is 2.84 bits per heavy atom. The largest absolute Gasteiger partial charge is 0.323 e. The minimum absolute atomic E-state index is 0.0259. The number of nitrogens with one attached hydrogen (secondary N) is 1. The fraction of sp³-hybridized carbons (Fsp3) is 0.917. The van der Waals surface area contributed by atoms with Crippen LogP contribution in [0.5, 0.6) is 0 Å². The summed E-state index contributed by atoms with van der Waals surface area (Å²) in [5.41, 5.74) is 0. The van der Waals surface area contributed by atoms with Crippen LogP contribution in [-0.4, -0.2) is 61.0 Å².